The van der Waals surface area contributed by atoms with Gasteiger partial charge >= 0.3 is 12.1 Å². The molecule has 1 aromatic rings. The molecule has 8 heteroatoms. The molecule has 120 valence electrons. The van der Waals surface area contributed by atoms with Gasteiger partial charge in [-0.05, 0) is 27.2 Å². The summed E-state index contributed by atoms with van der Waals surface area (Å²) in [7, 11) is 1.27. The summed E-state index contributed by atoms with van der Waals surface area (Å²) < 4.78 is 11.1. The Morgan fingerprint density at radius 3 is 2.68 bits per heavy atom. The summed E-state index contributed by atoms with van der Waals surface area (Å²) in [6.07, 6.45) is 1.48. The highest BCUT2D eigenvalue weighted by Gasteiger charge is 2.32. The molecule has 22 heavy (non-hydrogen) atoms. The minimum absolute atomic E-state index is 0.0335. The molecule has 2 rings (SSSR count). The van der Waals surface area contributed by atoms with E-state index in [9.17, 15) is 14.4 Å². The maximum Gasteiger partial charge on any atom is 0.412 e. The molecule has 1 aliphatic heterocycles. The predicted molar refractivity (Wildman–Crippen MR) is 77.7 cm³/mol. The molecule has 0 radical (unpaired) electrons. The minimum atomic E-state index is -0.750. The number of anilines is 1. The van der Waals surface area contributed by atoms with E-state index in [1.54, 1.807) is 20.8 Å². The van der Waals surface area contributed by atoms with Gasteiger partial charge in [-0.3, -0.25) is 14.7 Å². The number of carbonyl (C=O) groups is 2. The predicted octanol–water partition coefficient (Wildman–Crippen LogP) is 1.25. The average molecular weight is 309 g/mol. The number of amides is 1. The molecule has 1 aromatic heterocycles. The number of ether oxygens (including phenoxy) is 2. The number of aromatic nitrogens is 2. The van der Waals surface area contributed by atoms with Crippen LogP contribution in [0, 0.1) is 0 Å². The molecular formula is C14H19N3O5. The fraction of sp³-hybridized carbons (Fsp3) is 0.571. The molecule has 0 bridgehead atoms. The number of fused-ring (bicyclic) bond motifs is 1. The number of hydrogen-bond acceptors (Lipinski definition) is 6. The Hall–Kier alpha value is -2.38. The fourth-order valence-corrected chi connectivity index (χ4v) is 2.26. The van der Waals surface area contributed by atoms with Crippen LogP contribution in [-0.4, -0.2) is 34.3 Å². The lowest BCUT2D eigenvalue weighted by Crippen LogP contribution is -2.33. The highest BCUT2D eigenvalue weighted by Crippen LogP contribution is 2.24. The summed E-state index contributed by atoms with van der Waals surface area (Å²) in [5.41, 5.74) is -1.21. The van der Waals surface area contributed by atoms with E-state index in [0.717, 1.165) is 0 Å². The maximum atomic E-state index is 12.4. The molecule has 1 aliphatic rings. The summed E-state index contributed by atoms with van der Waals surface area (Å²) in [6, 6.07) is -0.708. The van der Waals surface area contributed by atoms with Gasteiger partial charge in [-0.25, -0.2) is 14.6 Å². The molecule has 8 nitrogen and oxygen atoms in total. The second-order valence-electron chi connectivity index (χ2n) is 5.97. The number of nitrogens with zero attached hydrogens (tertiary/aromatic N) is 2. The fourth-order valence-electron chi connectivity index (χ4n) is 2.26. The number of esters is 1. The first-order valence-electron chi connectivity index (χ1n) is 6.91. The van der Waals surface area contributed by atoms with Crippen molar-refractivity contribution in [3.8, 4) is 0 Å². The monoisotopic (exact) mass is 309 g/mol. The molecular weight excluding hydrogens is 290 g/mol. The normalized spacial score (nSPS) is 16.8. The average Bonchev–Trinajstić information content (AvgIpc) is 2.83. The van der Waals surface area contributed by atoms with E-state index >= 15 is 0 Å². The minimum Gasteiger partial charge on any atom is -0.467 e. The van der Waals surface area contributed by atoms with Crippen molar-refractivity contribution in [3.05, 3.63) is 22.4 Å². The SMILES string of the molecule is COC(=O)[C@@H]1CCc2ncc(NC(=O)OC(C)(C)C)c(=O)n21. The Balaban J connectivity index is 2.28. The topological polar surface area (TPSA) is 99.5 Å². The van der Waals surface area contributed by atoms with Crippen LogP contribution in [0.2, 0.25) is 0 Å². The van der Waals surface area contributed by atoms with E-state index in [-0.39, 0.29) is 5.69 Å². The van der Waals surface area contributed by atoms with E-state index in [1.807, 2.05) is 0 Å². The van der Waals surface area contributed by atoms with Crippen LogP contribution in [0.15, 0.2) is 11.0 Å². The molecule has 0 spiro atoms. The number of nitrogens with one attached hydrogen (secondary N) is 1. The summed E-state index contributed by atoms with van der Waals surface area (Å²) in [4.78, 5) is 40.0. The second kappa shape index (κ2) is 5.78. The molecule has 1 amide bonds. The number of hydrogen-bond donors (Lipinski definition) is 1. The highest BCUT2D eigenvalue weighted by atomic mass is 16.6. The van der Waals surface area contributed by atoms with Gasteiger partial charge in [0, 0.05) is 6.42 Å². The standard InChI is InChI=1S/C14H19N3O5/c1-14(2,3)22-13(20)16-8-7-15-10-6-5-9(12(19)21-4)17(10)11(8)18/h7,9H,5-6H2,1-4H3,(H,16,20)/t9-/m0/s1. The largest absolute Gasteiger partial charge is 0.467 e. The molecule has 0 saturated carbocycles. The first kappa shape index (κ1) is 16.0. The van der Waals surface area contributed by atoms with Crippen molar-refractivity contribution in [2.24, 2.45) is 0 Å². The molecule has 1 atom stereocenters. The first-order chi connectivity index (χ1) is 10.2. The van der Waals surface area contributed by atoms with Crippen molar-refractivity contribution in [2.75, 3.05) is 12.4 Å². The lowest BCUT2D eigenvalue weighted by atomic mass is 10.2. The first-order valence-corrected chi connectivity index (χ1v) is 6.91. The quantitative estimate of drug-likeness (QED) is 0.825. The van der Waals surface area contributed by atoms with Gasteiger partial charge < -0.3 is 9.47 Å². The van der Waals surface area contributed by atoms with Gasteiger partial charge in [-0.1, -0.05) is 0 Å². The second-order valence-corrected chi connectivity index (χ2v) is 5.97. The third kappa shape index (κ3) is 3.26. The smallest absolute Gasteiger partial charge is 0.412 e. The Kier molecular flexibility index (Phi) is 4.20. The lowest BCUT2D eigenvalue weighted by Gasteiger charge is -2.19. The van der Waals surface area contributed by atoms with Crippen molar-refractivity contribution in [1.82, 2.24) is 9.55 Å². The molecule has 0 unspecified atom stereocenters. The van der Waals surface area contributed by atoms with Gasteiger partial charge in [0.2, 0.25) is 0 Å². The van der Waals surface area contributed by atoms with Crippen LogP contribution in [0.3, 0.4) is 0 Å². The van der Waals surface area contributed by atoms with Gasteiger partial charge in [0.05, 0.1) is 13.3 Å². The van der Waals surface area contributed by atoms with Crippen LogP contribution in [0.1, 0.15) is 39.1 Å². The Bertz CT molecular complexity index is 659. The van der Waals surface area contributed by atoms with Crippen molar-refractivity contribution >= 4 is 17.7 Å². The Morgan fingerprint density at radius 2 is 2.09 bits per heavy atom. The molecule has 2 heterocycles. The Morgan fingerprint density at radius 1 is 1.41 bits per heavy atom. The van der Waals surface area contributed by atoms with Gasteiger partial charge in [-0.2, -0.15) is 0 Å². The zero-order chi connectivity index (χ0) is 16.5. The number of carbonyl (C=O) groups excluding carboxylic acids is 2. The van der Waals surface area contributed by atoms with Gasteiger partial charge in [0.15, 0.2) is 0 Å². The molecule has 0 saturated heterocycles. The molecule has 0 fully saturated rings. The molecule has 0 aliphatic carbocycles. The summed E-state index contributed by atoms with van der Waals surface area (Å²) in [6.45, 7) is 5.15. The summed E-state index contributed by atoms with van der Waals surface area (Å²) in [5, 5.41) is 2.36. The van der Waals surface area contributed by atoms with E-state index in [1.165, 1.54) is 17.9 Å². The lowest BCUT2D eigenvalue weighted by molar-refractivity contribution is -0.144. The van der Waals surface area contributed by atoms with E-state index in [2.05, 4.69) is 10.3 Å². The van der Waals surface area contributed by atoms with E-state index in [0.29, 0.717) is 18.7 Å². The third-order valence-electron chi connectivity index (χ3n) is 3.13. The van der Waals surface area contributed by atoms with Gasteiger partial charge in [0.25, 0.3) is 5.56 Å². The summed E-state index contributed by atoms with van der Waals surface area (Å²) in [5.74, 6) is -0.00722. The number of methoxy groups -OCH3 is 1. The van der Waals surface area contributed by atoms with Crippen LogP contribution in [0.5, 0.6) is 0 Å². The van der Waals surface area contributed by atoms with Crippen molar-refractivity contribution in [2.45, 2.75) is 45.3 Å². The van der Waals surface area contributed by atoms with Gasteiger partial charge in [0.1, 0.15) is 23.2 Å². The number of aryl methyl sites for hydroxylation is 1. The maximum absolute atomic E-state index is 12.4. The summed E-state index contributed by atoms with van der Waals surface area (Å²) >= 11 is 0. The van der Waals surface area contributed by atoms with Crippen molar-refractivity contribution < 1.29 is 19.1 Å². The van der Waals surface area contributed by atoms with Crippen LogP contribution >= 0.6 is 0 Å². The number of rotatable bonds is 2. The molecule has 1 N–H and O–H groups in total. The van der Waals surface area contributed by atoms with Crippen molar-refractivity contribution in [1.29, 1.82) is 0 Å². The van der Waals surface area contributed by atoms with Crippen LogP contribution in [0.4, 0.5) is 10.5 Å². The third-order valence-corrected chi connectivity index (χ3v) is 3.13. The zero-order valence-electron chi connectivity index (χ0n) is 13.0. The molecule has 0 aromatic carbocycles. The zero-order valence-corrected chi connectivity index (χ0v) is 13.0. The van der Waals surface area contributed by atoms with Crippen molar-refractivity contribution in [3.63, 3.8) is 0 Å². The van der Waals surface area contributed by atoms with Gasteiger partial charge in [-0.15, -0.1) is 0 Å². The Labute approximate surface area is 127 Å². The van der Waals surface area contributed by atoms with E-state index in [4.69, 9.17) is 9.47 Å². The van der Waals surface area contributed by atoms with Crippen LogP contribution in [-0.2, 0) is 20.7 Å². The van der Waals surface area contributed by atoms with E-state index < -0.39 is 29.3 Å². The van der Waals surface area contributed by atoms with Crippen LogP contribution in [0.25, 0.3) is 0 Å². The van der Waals surface area contributed by atoms with Crippen LogP contribution < -0.4 is 10.9 Å². The highest BCUT2D eigenvalue weighted by molar-refractivity contribution is 5.84.